The SMILES string of the molecule is CC1(C)NC(=O)C2(CCCC2)N(Cc2ccc(Cl)s2)C1=O. The first-order valence-corrected chi connectivity index (χ1v) is 8.43. The molecule has 1 aliphatic heterocycles. The number of carbonyl (C=O) groups is 2. The van der Waals surface area contributed by atoms with Crippen LogP contribution in [-0.2, 0) is 16.1 Å². The molecule has 0 unspecified atom stereocenters. The van der Waals surface area contributed by atoms with Crippen LogP contribution in [-0.4, -0.2) is 27.8 Å². The Morgan fingerprint density at radius 3 is 2.52 bits per heavy atom. The van der Waals surface area contributed by atoms with Gasteiger partial charge in [-0.25, -0.2) is 0 Å². The molecule has 2 amide bonds. The zero-order valence-corrected chi connectivity index (χ0v) is 13.8. The van der Waals surface area contributed by atoms with Crippen molar-refractivity contribution in [2.24, 2.45) is 0 Å². The van der Waals surface area contributed by atoms with Crippen LogP contribution in [0.1, 0.15) is 44.4 Å². The van der Waals surface area contributed by atoms with Gasteiger partial charge in [0.15, 0.2) is 0 Å². The third kappa shape index (κ3) is 2.36. The Hall–Kier alpha value is -1.07. The van der Waals surface area contributed by atoms with Gasteiger partial charge in [0.05, 0.1) is 10.9 Å². The molecule has 3 rings (SSSR count). The molecule has 0 radical (unpaired) electrons. The number of nitrogens with one attached hydrogen (secondary N) is 1. The minimum Gasteiger partial charge on any atom is -0.340 e. The molecular formula is C15H19ClN2O2S. The van der Waals surface area contributed by atoms with Crippen LogP contribution in [0.15, 0.2) is 12.1 Å². The quantitative estimate of drug-likeness (QED) is 0.908. The summed E-state index contributed by atoms with van der Waals surface area (Å²) in [4.78, 5) is 28.3. The number of rotatable bonds is 2. The molecular weight excluding hydrogens is 308 g/mol. The van der Waals surface area contributed by atoms with Crippen molar-refractivity contribution in [2.75, 3.05) is 0 Å². The van der Waals surface area contributed by atoms with Crippen molar-refractivity contribution in [3.05, 3.63) is 21.3 Å². The van der Waals surface area contributed by atoms with Gasteiger partial charge in [-0.05, 0) is 38.8 Å². The molecule has 1 N–H and O–H groups in total. The molecule has 2 aliphatic rings. The lowest BCUT2D eigenvalue weighted by molar-refractivity contribution is -0.162. The summed E-state index contributed by atoms with van der Waals surface area (Å²) >= 11 is 7.45. The van der Waals surface area contributed by atoms with Gasteiger partial charge in [-0.3, -0.25) is 9.59 Å². The lowest BCUT2D eigenvalue weighted by Crippen LogP contribution is -2.73. The molecule has 114 valence electrons. The number of halogens is 1. The number of nitrogens with zero attached hydrogens (tertiary/aromatic N) is 1. The maximum absolute atomic E-state index is 12.8. The van der Waals surface area contributed by atoms with Gasteiger partial charge >= 0.3 is 0 Å². The van der Waals surface area contributed by atoms with Crippen LogP contribution in [0, 0.1) is 0 Å². The molecule has 1 saturated carbocycles. The van der Waals surface area contributed by atoms with Crippen molar-refractivity contribution in [3.8, 4) is 0 Å². The topological polar surface area (TPSA) is 49.4 Å². The van der Waals surface area contributed by atoms with E-state index in [2.05, 4.69) is 5.32 Å². The van der Waals surface area contributed by atoms with Gasteiger partial charge < -0.3 is 10.2 Å². The minimum absolute atomic E-state index is 0.00600. The molecule has 1 saturated heterocycles. The van der Waals surface area contributed by atoms with Crippen LogP contribution in [0.5, 0.6) is 0 Å². The lowest BCUT2D eigenvalue weighted by Gasteiger charge is -2.49. The maximum atomic E-state index is 12.8. The Bertz CT molecular complexity index is 590. The van der Waals surface area contributed by atoms with E-state index in [1.54, 1.807) is 18.7 Å². The molecule has 1 aromatic rings. The molecule has 0 atom stereocenters. The number of piperazine rings is 1. The fourth-order valence-corrected chi connectivity index (χ4v) is 4.46. The Morgan fingerprint density at radius 2 is 1.95 bits per heavy atom. The van der Waals surface area contributed by atoms with Gasteiger partial charge in [-0.2, -0.15) is 0 Å². The fraction of sp³-hybridized carbons (Fsp3) is 0.600. The van der Waals surface area contributed by atoms with Gasteiger partial charge in [0.1, 0.15) is 11.1 Å². The minimum atomic E-state index is -0.841. The summed E-state index contributed by atoms with van der Waals surface area (Å²) in [6.45, 7) is 4.00. The molecule has 0 bridgehead atoms. The standard InChI is InChI=1S/C15H19ClN2O2S/c1-14(2)13(20)18(9-10-5-6-11(16)21-10)15(12(19)17-14)7-3-4-8-15/h5-6H,3-4,7-9H2,1-2H3,(H,17,19). The van der Waals surface area contributed by atoms with Crippen LogP contribution < -0.4 is 5.32 Å². The van der Waals surface area contributed by atoms with Gasteiger partial charge in [0, 0.05) is 4.88 Å². The largest absolute Gasteiger partial charge is 0.340 e. The first-order valence-electron chi connectivity index (χ1n) is 7.24. The predicted octanol–water partition coefficient (Wildman–Crippen LogP) is 2.95. The third-order valence-electron chi connectivity index (χ3n) is 4.52. The van der Waals surface area contributed by atoms with E-state index < -0.39 is 11.1 Å². The molecule has 0 aromatic carbocycles. The Kier molecular flexibility index (Phi) is 3.53. The van der Waals surface area contributed by atoms with Crippen LogP contribution in [0.2, 0.25) is 4.34 Å². The van der Waals surface area contributed by atoms with Crippen molar-refractivity contribution < 1.29 is 9.59 Å². The summed E-state index contributed by atoms with van der Waals surface area (Å²) in [6.07, 6.45) is 3.48. The third-order valence-corrected chi connectivity index (χ3v) is 5.73. The normalized spacial score (nSPS) is 23.7. The van der Waals surface area contributed by atoms with Crippen LogP contribution in [0.25, 0.3) is 0 Å². The molecule has 1 aromatic heterocycles. The summed E-state index contributed by atoms with van der Waals surface area (Å²) in [5.74, 6) is -0.0132. The van der Waals surface area contributed by atoms with Crippen molar-refractivity contribution >= 4 is 34.8 Å². The first-order chi connectivity index (χ1) is 9.85. The van der Waals surface area contributed by atoms with E-state index in [4.69, 9.17) is 11.6 Å². The Labute approximate surface area is 133 Å². The van der Waals surface area contributed by atoms with E-state index in [0.717, 1.165) is 30.6 Å². The molecule has 2 fully saturated rings. The summed E-state index contributed by atoms with van der Waals surface area (Å²) < 4.78 is 0.707. The Morgan fingerprint density at radius 1 is 1.29 bits per heavy atom. The molecule has 1 spiro atoms. The zero-order chi connectivity index (χ0) is 15.3. The molecule has 2 heterocycles. The van der Waals surface area contributed by atoms with Crippen molar-refractivity contribution in [1.29, 1.82) is 0 Å². The van der Waals surface area contributed by atoms with Gasteiger partial charge in [0.25, 0.3) is 0 Å². The number of carbonyl (C=O) groups excluding carboxylic acids is 2. The lowest BCUT2D eigenvalue weighted by atomic mass is 9.85. The molecule has 21 heavy (non-hydrogen) atoms. The highest BCUT2D eigenvalue weighted by Crippen LogP contribution is 2.41. The number of thiophene rings is 1. The van der Waals surface area contributed by atoms with E-state index in [0.29, 0.717) is 10.9 Å². The highest BCUT2D eigenvalue weighted by molar-refractivity contribution is 7.16. The van der Waals surface area contributed by atoms with Gasteiger partial charge in [-0.15, -0.1) is 11.3 Å². The number of amides is 2. The smallest absolute Gasteiger partial charge is 0.248 e. The van der Waals surface area contributed by atoms with Crippen LogP contribution in [0.4, 0.5) is 0 Å². The molecule has 1 aliphatic carbocycles. The van der Waals surface area contributed by atoms with Gasteiger partial charge in [-0.1, -0.05) is 24.4 Å². The second kappa shape index (κ2) is 4.99. The second-order valence-corrected chi connectivity index (χ2v) is 8.21. The average Bonchev–Trinajstić information content (AvgIpc) is 3.03. The average molecular weight is 327 g/mol. The first kappa shape index (κ1) is 14.9. The van der Waals surface area contributed by atoms with Crippen LogP contribution >= 0.6 is 22.9 Å². The van der Waals surface area contributed by atoms with E-state index in [9.17, 15) is 9.59 Å². The highest BCUT2D eigenvalue weighted by atomic mass is 35.5. The summed E-state index contributed by atoms with van der Waals surface area (Å²) in [5.41, 5.74) is -1.50. The van der Waals surface area contributed by atoms with Crippen LogP contribution in [0.3, 0.4) is 0 Å². The van der Waals surface area contributed by atoms with Gasteiger partial charge in [0.2, 0.25) is 11.8 Å². The van der Waals surface area contributed by atoms with Crippen molar-refractivity contribution in [2.45, 2.75) is 57.2 Å². The Balaban J connectivity index is 1.98. The summed E-state index contributed by atoms with van der Waals surface area (Å²) in [6, 6.07) is 3.77. The van der Waals surface area contributed by atoms with E-state index in [-0.39, 0.29) is 11.8 Å². The summed E-state index contributed by atoms with van der Waals surface area (Å²) in [7, 11) is 0. The monoisotopic (exact) mass is 326 g/mol. The van der Waals surface area contributed by atoms with E-state index >= 15 is 0 Å². The van der Waals surface area contributed by atoms with E-state index in [1.165, 1.54) is 11.3 Å². The fourth-order valence-electron chi connectivity index (χ4n) is 3.38. The van der Waals surface area contributed by atoms with Crippen molar-refractivity contribution in [3.63, 3.8) is 0 Å². The highest BCUT2D eigenvalue weighted by Gasteiger charge is 2.56. The maximum Gasteiger partial charge on any atom is 0.248 e. The molecule has 6 heteroatoms. The van der Waals surface area contributed by atoms with E-state index in [1.807, 2.05) is 12.1 Å². The summed E-state index contributed by atoms with van der Waals surface area (Å²) in [5, 5.41) is 2.91. The number of hydrogen-bond acceptors (Lipinski definition) is 3. The van der Waals surface area contributed by atoms with Crippen molar-refractivity contribution in [1.82, 2.24) is 10.2 Å². The molecule has 4 nitrogen and oxygen atoms in total. The predicted molar refractivity (Wildman–Crippen MR) is 83.3 cm³/mol. The second-order valence-electron chi connectivity index (χ2n) is 6.41. The number of hydrogen-bond donors (Lipinski definition) is 1. The zero-order valence-electron chi connectivity index (χ0n) is 12.2.